The molecule has 2 nitrogen and oxygen atoms in total. The van der Waals surface area contributed by atoms with Crippen molar-refractivity contribution in [2.45, 2.75) is 6.42 Å². The van der Waals surface area contributed by atoms with Crippen LogP contribution in [0, 0.1) is 11.6 Å². The minimum atomic E-state index is -0.589. The fraction of sp³-hybridized carbons (Fsp3) is 0.200. The van der Waals surface area contributed by atoms with Crippen LogP contribution in [0.2, 0.25) is 5.02 Å². The molecule has 0 aromatic heterocycles. The molecule has 0 aliphatic heterocycles. The van der Waals surface area contributed by atoms with E-state index in [4.69, 9.17) is 22.1 Å². The van der Waals surface area contributed by atoms with Crippen LogP contribution < -0.4 is 10.5 Å². The zero-order chi connectivity index (χ0) is 14.5. The van der Waals surface area contributed by atoms with Gasteiger partial charge in [0, 0.05) is 12.6 Å². The predicted molar refractivity (Wildman–Crippen MR) is 75.2 cm³/mol. The molecular weight excluding hydrogens is 284 g/mol. The van der Waals surface area contributed by atoms with Gasteiger partial charge in [-0.15, -0.1) is 0 Å². The predicted octanol–water partition coefficient (Wildman–Crippen LogP) is 3.55. The van der Waals surface area contributed by atoms with E-state index in [1.165, 1.54) is 12.1 Å². The number of ether oxygens (including phenoxy) is 1. The quantitative estimate of drug-likeness (QED) is 0.916. The van der Waals surface area contributed by atoms with E-state index in [1.807, 2.05) is 0 Å². The summed E-state index contributed by atoms with van der Waals surface area (Å²) in [7, 11) is 0. The molecule has 0 bridgehead atoms. The minimum absolute atomic E-state index is 0.383. The van der Waals surface area contributed by atoms with Crippen LogP contribution in [0.5, 0.6) is 5.75 Å². The van der Waals surface area contributed by atoms with E-state index in [2.05, 4.69) is 0 Å². The molecule has 0 spiro atoms. The maximum Gasteiger partial charge on any atom is 0.137 e. The van der Waals surface area contributed by atoms with Crippen molar-refractivity contribution in [1.82, 2.24) is 0 Å². The Hall–Kier alpha value is -1.65. The number of rotatable bonds is 5. The smallest absolute Gasteiger partial charge is 0.137 e. The average Bonchev–Trinajstić information content (AvgIpc) is 2.36. The summed E-state index contributed by atoms with van der Waals surface area (Å²) in [6.07, 6.45) is 0.394. The van der Waals surface area contributed by atoms with Crippen LogP contribution >= 0.6 is 11.6 Å². The summed E-state index contributed by atoms with van der Waals surface area (Å²) in [5, 5.41) is 0.452. The minimum Gasteiger partial charge on any atom is -0.491 e. The van der Waals surface area contributed by atoms with Gasteiger partial charge in [-0.3, -0.25) is 0 Å². The van der Waals surface area contributed by atoms with Crippen LogP contribution in [-0.2, 0) is 6.42 Å². The van der Waals surface area contributed by atoms with E-state index in [9.17, 15) is 8.78 Å². The van der Waals surface area contributed by atoms with E-state index in [-0.39, 0.29) is 0 Å². The van der Waals surface area contributed by atoms with Gasteiger partial charge in [-0.25, -0.2) is 8.78 Å². The zero-order valence-electron chi connectivity index (χ0n) is 10.7. The fourth-order valence-electron chi connectivity index (χ4n) is 1.89. The topological polar surface area (TPSA) is 35.2 Å². The van der Waals surface area contributed by atoms with Gasteiger partial charge in [-0.05, 0) is 41.8 Å². The number of hydrogen-bond donors (Lipinski definition) is 1. The molecule has 0 saturated heterocycles. The first-order valence-corrected chi connectivity index (χ1v) is 6.52. The molecule has 2 aromatic rings. The first kappa shape index (κ1) is 14.8. The number of hydrogen-bond acceptors (Lipinski definition) is 2. The normalized spacial score (nSPS) is 10.6. The van der Waals surface area contributed by atoms with Crippen molar-refractivity contribution >= 4 is 11.6 Å². The largest absolute Gasteiger partial charge is 0.491 e. The fourth-order valence-corrected chi connectivity index (χ4v) is 2.15. The molecule has 0 aliphatic rings. The third kappa shape index (κ3) is 3.92. The number of benzene rings is 2. The first-order valence-electron chi connectivity index (χ1n) is 6.15. The van der Waals surface area contributed by atoms with Gasteiger partial charge >= 0.3 is 0 Å². The van der Waals surface area contributed by atoms with Crippen molar-refractivity contribution in [3.8, 4) is 5.75 Å². The highest BCUT2D eigenvalue weighted by Crippen LogP contribution is 2.26. The molecule has 0 fully saturated rings. The molecule has 0 saturated carbocycles. The molecule has 0 amide bonds. The van der Waals surface area contributed by atoms with Crippen molar-refractivity contribution in [1.29, 1.82) is 0 Å². The molecule has 106 valence electrons. The molecule has 20 heavy (non-hydrogen) atoms. The van der Waals surface area contributed by atoms with Gasteiger partial charge < -0.3 is 10.5 Å². The molecule has 2 N–H and O–H groups in total. The Bertz CT molecular complexity index is 584. The molecule has 0 aliphatic carbocycles. The van der Waals surface area contributed by atoms with Gasteiger partial charge in [0.2, 0.25) is 0 Å². The monoisotopic (exact) mass is 297 g/mol. The Morgan fingerprint density at radius 1 is 1.00 bits per heavy atom. The lowest BCUT2D eigenvalue weighted by atomic mass is 10.0. The zero-order valence-corrected chi connectivity index (χ0v) is 11.5. The summed E-state index contributed by atoms with van der Waals surface area (Å²) in [5.74, 6) is -0.630. The summed E-state index contributed by atoms with van der Waals surface area (Å²) in [6, 6.07) is 8.70. The summed E-state index contributed by atoms with van der Waals surface area (Å²) < 4.78 is 31.6. The van der Waals surface area contributed by atoms with Crippen LogP contribution in [0.1, 0.15) is 11.1 Å². The Morgan fingerprint density at radius 2 is 1.70 bits per heavy atom. The Labute approximate surface area is 121 Å². The summed E-state index contributed by atoms with van der Waals surface area (Å²) in [6.45, 7) is 0.787. The van der Waals surface area contributed by atoms with Gasteiger partial charge in [-0.2, -0.15) is 0 Å². The lowest BCUT2D eigenvalue weighted by Gasteiger charge is -2.09. The van der Waals surface area contributed by atoms with E-state index in [1.54, 1.807) is 18.2 Å². The second-order valence-corrected chi connectivity index (χ2v) is 4.76. The Balaban J connectivity index is 2.15. The molecular formula is C15H14ClF2NO. The lowest BCUT2D eigenvalue weighted by molar-refractivity contribution is 0.328. The summed E-state index contributed by atoms with van der Waals surface area (Å²) >= 11 is 6.08. The highest BCUT2D eigenvalue weighted by molar-refractivity contribution is 6.32. The molecule has 0 radical (unpaired) electrons. The van der Waals surface area contributed by atoms with E-state index < -0.39 is 11.6 Å². The van der Waals surface area contributed by atoms with Gasteiger partial charge in [0.1, 0.15) is 24.0 Å². The maximum atomic E-state index is 13.1. The average molecular weight is 298 g/mol. The molecule has 5 heteroatoms. The van der Waals surface area contributed by atoms with Crippen LogP contribution in [0.4, 0.5) is 8.78 Å². The maximum absolute atomic E-state index is 13.1. The second-order valence-electron chi connectivity index (χ2n) is 4.36. The van der Waals surface area contributed by atoms with Crippen molar-refractivity contribution < 1.29 is 13.5 Å². The van der Waals surface area contributed by atoms with Crippen molar-refractivity contribution in [3.63, 3.8) is 0 Å². The Morgan fingerprint density at radius 3 is 2.30 bits per heavy atom. The molecule has 0 unspecified atom stereocenters. The van der Waals surface area contributed by atoms with Gasteiger partial charge in [0.05, 0.1) is 5.02 Å². The molecule has 2 rings (SSSR count). The first-order chi connectivity index (χ1) is 9.58. The summed E-state index contributed by atoms with van der Waals surface area (Å²) in [4.78, 5) is 0. The number of halogens is 3. The van der Waals surface area contributed by atoms with Crippen LogP contribution in [0.3, 0.4) is 0 Å². The van der Waals surface area contributed by atoms with E-state index in [0.29, 0.717) is 35.9 Å². The van der Waals surface area contributed by atoms with E-state index in [0.717, 1.165) is 11.6 Å². The molecule has 0 heterocycles. The molecule has 0 atom stereocenters. The summed E-state index contributed by atoms with van der Waals surface area (Å²) in [5.41, 5.74) is 6.75. The highest BCUT2D eigenvalue weighted by atomic mass is 35.5. The van der Waals surface area contributed by atoms with Gasteiger partial charge in [0.15, 0.2) is 0 Å². The third-order valence-corrected chi connectivity index (χ3v) is 3.00. The van der Waals surface area contributed by atoms with Gasteiger partial charge in [0.25, 0.3) is 0 Å². The lowest BCUT2D eigenvalue weighted by Crippen LogP contribution is -2.10. The second kappa shape index (κ2) is 6.68. The third-order valence-electron chi connectivity index (χ3n) is 2.70. The Kier molecular flexibility index (Phi) is 4.93. The van der Waals surface area contributed by atoms with Crippen molar-refractivity contribution in [2.24, 2.45) is 5.73 Å². The van der Waals surface area contributed by atoms with Crippen molar-refractivity contribution in [3.05, 3.63) is 64.2 Å². The SMILES string of the molecule is NCCOc1ccc(Cc2cc(F)cc(F)c2)cc1Cl. The van der Waals surface area contributed by atoms with Crippen LogP contribution in [0.25, 0.3) is 0 Å². The number of nitrogens with two attached hydrogens (primary N) is 1. The standard InChI is InChI=1S/C15H14ClF2NO/c16-14-8-10(1-2-15(14)20-4-3-19)5-11-6-12(17)9-13(18)7-11/h1-2,6-9H,3-5,19H2. The van der Waals surface area contributed by atoms with Crippen LogP contribution in [0.15, 0.2) is 36.4 Å². The highest BCUT2D eigenvalue weighted by Gasteiger charge is 2.06. The van der Waals surface area contributed by atoms with E-state index >= 15 is 0 Å². The molecule has 2 aromatic carbocycles. The van der Waals surface area contributed by atoms with Crippen molar-refractivity contribution in [2.75, 3.05) is 13.2 Å². The van der Waals surface area contributed by atoms with Crippen LogP contribution in [-0.4, -0.2) is 13.2 Å². The van der Waals surface area contributed by atoms with Gasteiger partial charge in [-0.1, -0.05) is 17.7 Å².